The number of ether oxygens (including phenoxy) is 1. The average Bonchev–Trinajstić information content (AvgIpc) is 3.55. The number of piperidine rings is 1. The second-order valence-corrected chi connectivity index (χ2v) is 12.6. The molecule has 4 heterocycles. The van der Waals surface area contributed by atoms with Crippen LogP contribution in [0.1, 0.15) is 31.4 Å². The molecule has 45 heavy (non-hydrogen) atoms. The third kappa shape index (κ3) is 6.90. The van der Waals surface area contributed by atoms with Crippen LogP contribution < -0.4 is 20.3 Å². The maximum atomic E-state index is 12.5. The van der Waals surface area contributed by atoms with Gasteiger partial charge in [0.05, 0.1) is 22.2 Å². The van der Waals surface area contributed by atoms with Crippen LogP contribution in [0.5, 0.6) is 5.75 Å². The van der Waals surface area contributed by atoms with Gasteiger partial charge in [0.2, 0.25) is 5.95 Å². The van der Waals surface area contributed by atoms with Crippen LogP contribution in [0.2, 0.25) is 0 Å². The molecule has 0 spiro atoms. The summed E-state index contributed by atoms with van der Waals surface area (Å²) >= 11 is 1.45. The minimum Gasteiger partial charge on any atom is -0.406 e. The smallest absolute Gasteiger partial charge is 0.406 e. The van der Waals surface area contributed by atoms with E-state index >= 15 is 0 Å². The van der Waals surface area contributed by atoms with Crippen molar-refractivity contribution in [3.63, 3.8) is 0 Å². The van der Waals surface area contributed by atoms with E-state index in [9.17, 15) is 28.5 Å². The van der Waals surface area contributed by atoms with E-state index in [1.54, 1.807) is 24.5 Å². The van der Waals surface area contributed by atoms with Crippen LogP contribution >= 0.6 is 11.3 Å². The zero-order valence-corrected chi connectivity index (χ0v) is 25.3. The van der Waals surface area contributed by atoms with E-state index in [4.69, 9.17) is 15.0 Å². The minimum atomic E-state index is -4.72. The van der Waals surface area contributed by atoms with E-state index in [0.717, 1.165) is 41.8 Å². The number of anilines is 3. The molecule has 11 nitrogen and oxygen atoms in total. The monoisotopic (exact) mass is 645 g/mol. The first-order chi connectivity index (χ1) is 21.5. The second-order valence-electron chi connectivity index (χ2n) is 11.5. The fourth-order valence-corrected chi connectivity index (χ4v) is 7.04. The first-order valence-electron chi connectivity index (χ1n) is 14.7. The average molecular weight is 646 g/mol. The van der Waals surface area contributed by atoms with E-state index < -0.39 is 24.1 Å². The molecule has 0 radical (unpaired) electrons. The third-order valence-electron chi connectivity index (χ3n) is 8.49. The number of aliphatic hydroxyl groups is 3. The fraction of sp³-hybridized carbons (Fsp3) is 0.467. The van der Waals surface area contributed by atoms with Crippen molar-refractivity contribution in [2.75, 3.05) is 41.8 Å². The van der Waals surface area contributed by atoms with Crippen LogP contribution in [0.4, 0.5) is 30.6 Å². The van der Waals surface area contributed by atoms with Crippen molar-refractivity contribution >= 4 is 39.0 Å². The summed E-state index contributed by atoms with van der Waals surface area (Å²) in [7, 11) is 0. The highest BCUT2D eigenvalue weighted by Gasteiger charge is 2.47. The van der Waals surface area contributed by atoms with Gasteiger partial charge in [0.1, 0.15) is 28.2 Å². The SMILES string of the molecule is Cc1nc(NCC2CCN(c3ccc(OC(F)(F)F)cc3)CC2)nc(N[C@]2(O)CC[C@H](CO)[C@H]2O)c1-c1nc2cnccc2s1. The Morgan fingerprint density at radius 2 is 1.84 bits per heavy atom. The highest BCUT2D eigenvalue weighted by molar-refractivity contribution is 7.21. The van der Waals surface area contributed by atoms with Crippen LogP contribution in [0.25, 0.3) is 20.8 Å². The molecule has 2 fully saturated rings. The molecule has 1 saturated carbocycles. The molecule has 4 aromatic rings. The van der Waals surface area contributed by atoms with Gasteiger partial charge in [0, 0.05) is 44.0 Å². The lowest BCUT2D eigenvalue weighted by atomic mass is 9.96. The van der Waals surface area contributed by atoms with Gasteiger partial charge in [-0.05, 0) is 68.9 Å². The number of hydrogen-bond acceptors (Lipinski definition) is 12. The normalized spacial score (nSPS) is 22.6. The molecule has 1 aliphatic heterocycles. The Kier molecular flexibility index (Phi) is 8.70. The lowest BCUT2D eigenvalue weighted by molar-refractivity contribution is -0.274. The van der Waals surface area contributed by atoms with Crippen LogP contribution in [0, 0.1) is 18.8 Å². The van der Waals surface area contributed by atoms with Gasteiger partial charge in [-0.15, -0.1) is 24.5 Å². The summed E-state index contributed by atoms with van der Waals surface area (Å²) in [5, 5.41) is 38.9. The predicted molar refractivity (Wildman–Crippen MR) is 164 cm³/mol. The van der Waals surface area contributed by atoms with Crippen molar-refractivity contribution in [2.45, 2.75) is 50.8 Å². The van der Waals surface area contributed by atoms with Crippen molar-refractivity contribution in [3.8, 4) is 16.3 Å². The summed E-state index contributed by atoms with van der Waals surface area (Å²) in [5.41, 5.74) is 1.10. The highest BCUT2D eigenvalue weighted by Crippen LogP contribution is 2.40. The largest absolute Gasteiger partial charge is 0.573 e. The quantitative estimate of drug-likeness (QED) is 0.163. The fourth-order valence-electron chi connectivity index (χ4n) is 6.01. The summed E-state index contributed by atoms with van der Waals surface area (Å²) in [4.78, 5) is 20.5. The Hall–Kier alpha value is -3.79. The highest BCUT2D eigenvalue weighted by atomic mass is 32.1. The summed E-state index contributed by atoms with van der Waals surface area (Å²) < 4.78 is 42.4. The van der Waals surface area contributed by atoms with Crippen molar-refractivity contribution in [1.82, 2.24) is 19.9 Å². The summed E-state index contributed by atoms with van der Waals surface area (Å²) in [6, 6.07) is 7.78. The molecule has 3 atom stereocenters. The number of hydrogen-bond donors (Lipinski definition) is 5. The molecule has 240 valence electrons. The molecule has 0 bridgehead atoms. The summed E-state index contributed by atoms with van der Waals surface area (Å²) in [5.74, 6) is 0.279. The first-order valence-corrected chi connectivity index (χ1v) is 15.6. The number of benzene rings is 1. The van der Waals surface area contributed by atoms with E-state index in [1.807, 2.05) is 13.0 Å². The zero-order chi connectivity index (χ0) is 31.8. The van der Waals surface area contributed by atoms with Gasteiger partial charge in [-0.25, -0.2) is 9.97 Å². The number of aromatic nitrogens is 4. The van der Waals surface area contributed by atoms with Gasteiger partial charge in [0.15, 0.2) is 5.72 Å². The van der Waals surface area contributed by atoms with Gasteiger partial charge in [-0.2, -0.15) is 4.98 Å². The number of alkyl halides is 3. The lowest BCUT2D eigenvalue weighted by Crippen LogP contribution is -2.48. The first kappa shape index (κ1) is 31.2. The maximum absolute atomic E-state index is 12.5. The van der Waals surface area contributed by atoms with Crippen molar-refractivity contribution < 1.29 is 33.2 Å². The summed E-state index contributed by atoms with van der Waals surface area (Å²) in [6.45, 7) is 3.67. The minimum absolute atomic E-state index is 0.227. The Labute approximate surface area is 261 Å². The number of nitrogens with zero attached hydrogens (tertiary/aromatic N) is 5. The Bertz CT molecular complexity index is 1600. The number of pyridine rings is 1. The molecule has 5 N–H and O–H groups in total. The molecule has 3 aromatic heterocycles. The van der Waals surface area contributed by atoms with Gasteiger partial charge < -0.3 is 35.6 Å². The molecular weight excluding hydrogens is 611 g/mol. The molecule has 0 amide bonds. The Morgan fingerprint density at radius 3 is 2.51 bits per heavy atom. The summed E-state index contributed by atoms with van der Waals surface area (Å²) in [6.07, 6.45) is -0.167. The van der Waals surface area contributed by atoms with Crippen molar-refractivity contribution in [2.24, 2.45) is 11.8 Å². The number of aliphatic hydroxyl groups excluding tert-OH is 2. The Balaban J connectivity index is 1.16. The molecule has 1 aliphatic carbocycles. The maximum Gasteiger partial charge on any atom is 0.573 e. The van der Waals surface area contributed by atoms with E-state index in [2.05, 4.69) is 25.3 Å². The zero-order valence-electron chi connectivity index (χ0n) is 24.5. The lowest BCUT2D eigenvalue weighted by Gasteiger charge is -2.34. The van der Waals surface area contributed by atoms with Gasteiger partial charge in [-0.3, -0.25) is 4.98 Å². The van der Waals surface area contributed by atoms with E-state index in [1.165, 1.54) is 23.5 Å². The number of rotatable bonds is 9. The van der Waals surface area contributed by atoms with Gasteiger partial charge >= 0.3 is 6.36 Å². The van der Waals surface area contributed by atoms with Crippen LogP contribution in [0.3, 0.4) is 0 Å². The van der Waals surface area contributed by atoms with E-state index in [-0.39, 0.29) is 18.8 Å². The number of nitrogens with one attached hydrogen (secondary N) is 2. The number of thiazole rings is 1. The topological polar surface area (TPSA) is 149 Å². The number of aryl methyl sites for hydroxylation is 1. The molecule has 1 saturated heterocycles. The van der Waals surface area contributed by atoms with Crippen molar-refractivity contribution in [1.29, 1.82) is 0 Å². The van der Waals surface area contributed by atoms with E-state index in [0.29, 0.717) is 46.9 Å². The predicted octanol–water partition coefficient (Wildman–Crippen LogP) is 4.55. The second kappa shape index (κ2) is 12.5. The molecular formula is C30H34F3N7O4S. The molecule has 1 aromatic carbocycles. The molecule has 6 rings (SSSR count). The number of halogens is 3. The molecule has 2 aliphatic rings. The van der Waals surface area contributed by atoms with Gasteiger partial charge in [0.25, 0.3) is 0 Å². The van der Waals surface area contributed by atoms with Gasteiger partial charge in [-0.1, -0.05) is 0 Å². The van der Waals surface area contributed by atoms with Crippen LogP contribution in [0.15, 0.2) is 42.7 Å². The van der Waals surface area contributed by atoms with Crippen molar-refractivity contribution in [3.05, 3.63) is 48.4 Å². The van der Waals surface area contributed by atoms with Crippen LogP contribution in [-0.2, 0) is 0 Å². The number of fused-ring (bicyclic) bond motifs is 1. The molecule has 0 unspecified atom stereocenters. The Morgan fingerprint density at radius 1 is 1.09 bits per heavy atom. The molecule has 15 heteroatoms. The third-order valence-corrected chi connectivity index (χ3v) is 9.55. The van der Waals surface area contributed by atoms with Crippen LogP contribution in [-0.4, -0.2) is 79.7 Å². The standard InChI is InChI=1S/C30H34F3N7O4S/c1-17-24(27-37-22-15-34-11-7-23(22)45-27)26(39-29(43)10-6-19(16-41)25(29)42)38-28(36-17)35-14-18-8-12-40(13-9-18)20-2-4-21(5-3-20)44-30(31,32)33/h2-5,7,11,15,18-19,25,41-43H,6,8-10,12-14,16H2,1H3,(H2,35,36,38,39)/t19-,25-,29+/m1/s1.